The molecule has 0 atom stereocenters. The molecular weight excluding hydrogens is 532 g/mol. The van der Waals surface area contributed by atoms with Crippen LogP contribution in [0.2, 0.25) is 5.02 Å². The summed E-state index contributed by atoms with van der Waals surface area (Å²) in [7, 11) is -8.47. The number of nitrogens with zero attached hydrogens (tertiary/aromatic N) is 3. The summed E-state index contributed by atoms with van der Waals surface area (Å²) in [5.74, 6) is -0.180. The number of aromatic nitrogens is 3. The van der Waals surface area contributed by atoms with E-state index in [0.29, 0.717) is 16.1 Å². The van der Waals surface area contributed by atoms with Crippen LogP contribution in [0.1, 0.15) is 5.56 Å². The van der Waals surface area contributed by atoms with Crippen molar-refractivity contribution in [3.63, 3.8) is 0 Å². The minimum absolute atomic E-state index is 0.00217. The van der Waals surface area contributed by atoms with Gasteiger partial charge in [-0.05, 0) is 55.5 Å². The summed E-state index contributed by atoms with van der Waals surface area (Å²) in [6.07, 6.45) is 1.53. The summed E-state index contributed by atoms with van der Waals surface area (Å²) in [5, 5.41) is 0.363. The molecular formula is C26H21ClN4O4S2. The molecule has 37 heavy (non-hydrogen) atoms. The zero-order valence-electron chi connectivity index (χ0n) is 19.6. The molecule has 3 aromatic carbocycles. The van der Waals surface area contributed by atoms with Gasteiger partial charge in [0.1, 0.15) is 16.2 Å². The Kier molecular flexibility index (Phi) is 6.26. The number of rotatable bonds is 7. The number of anilines is 1. The number of halogens is 1. The van der Waals surface area contributed by atoms with Crippen LogP contribution in [0, 0.1) is 6.92 Å². The van der Waals surface area contributed by atoms with Crippen LogP contribution in [-0.2, 0) is 26.4 Å². The predicted octanol–water partition coefficient (Wildman–Crippen LogP) is 5.37. The lowest BCUT2D eigenvalue weighted by atomic mass is 10.2. The van der Waals surface area contributed by atoms with E-state index in [2.05, 4.69) is 21.3 Å². The maximum absolute atomic E-state index is 14.0. The van der Waals surface area contributed by atoms with Crippen LogP contribution in [0.5, 0.6) is 0 Å². The second kappa shape index (κ2) is 9.29. The monoisotopic (exact) mass is 552 g/mol. The zero-order chi connectivity index (χ0) is 26.4. The Morgan fingerprint density at radius 1 is 0.892 bits per heavy atom. The van der Waals surface area contributed by atoms with Crippen molar-refractivity contribution >= 4 is 59.5 Å². The van der Waals surface area contributed by atoms with Gasteiger partial charge in [0.2, 0.25) is 9.84 Å². The predicted molar refractivity (Wildman–Crippen MR) is 144 cm³/mol. The summed E-state index contributed by atoms with van der Waals surface area (Å²) in [5.41, 5.74) is 2.14. The van der Waals surface area contributed by atoms with Gasteiger partial charge in [-0.3, -0.25) is 4.72 Å². The van der Waals surface area contributed by atoms with Gasteiger partial charge >= 0.3 is 0 Å². The Morgan fingerprint density at radius 3 is 2.11 bits per heavy atom. The molecule has 0 unspecified atom stereocenters. The SMILES string of the molecule is C=CCn1c(NS(=O)(=O)c2ccc(Cl)cc2)c(S(=O)(=O)c2ccc(C)cc2)c2nc3ccccc3nc21. The Bertz CT molecular complexity index is 1880. The third-order valence-electron chi connectivity index (χ3n) is 5.77. The van der Waals surface area contributed by atoms with Crippen molar-refractivity contribution in [1.29, 1.82) is 0 Å². The number of allylic oxidation sites excluding steroid dienone is 1. The topological polar surface area (TPSA) is 111 Å². The number of para-hydroxylation sites is 2. The third kappa shape index (κ3) is 4.48. The van der Waals surface area contributed by atoms with Gasteiger partial charge in [0.15, 0.2) is 5.65 Å². The zero-order valence-corrected chi connectivity index (χ0v) is 22.0. The van der Waals surface area contributed by atoms with Crippen molar-refractivity contribution in [2.45, 2.75) is 28.2 Å². The van der Waals surface area contributed by atoms with E-state index >= 15 is 0 Å². The van der Waals surface area contributed by atoms with Crippen LogP contribution in [0.3, 0.4) is 0 Å². The molecule has 0 fully saturated rings. The van der Waals surface area contributed by atoms with Gasteiger partial charge in [-0.25, -0.2) is 26.8 Å². The molecule has 2 aromatic heterocycles. The van der Waals surface area contributed by atoms with E-state index in [1.807, 2.05) is 6.92 Å². The maximum Gasteiger partial charge on any atom is 0.263 e. The fourth-order valence-electron chi connectivity index (χ4n) is 3.97. The number of aryl methyl sites for hydroxylation is 1. The molecule has 2 heterocycles. The van der Waals surface area contributed by atoms with Crippen molar-refractivity contribution in [3.05, 3.63) is 96.0 Å². The summed E-state index contributed by atoms with van der Waals surface area (Å²) < 4.78 is 58.9. The van der Waals surface area contributed by atoms with Crippen LogP contribution < -0.4 is 4.72 Å². The molecule has 8 nitrogen and oxygen atoms in total. The smallest absolute Gasteiger partial charge is 0.263 e. The first-order valence-electron chi connectivity index (χ1n) is 11.1. The molecule has 0 radical (unpaired) electrons. The van der Waals surface area contributed by atoms with Gasteiger partial charge in [0.05, 0.1) is 20.8 Å². The molecule has 0 saturated carbocycles. The van der Waals surface area contributed by atoms with Crippen LogP contribution in [-0.4, -0.2) is 31.4 Å². The Hall–Kier alpha value is -3.73. The average molecular weight is 553 g/mol. The average Bonchev–Trinajstić information content (AvgIpc) is 3.15. The highest BCUT2D eigenvalue weighted by molar-refractivity contribution is 7.93. The summed E-state index contributed by atoms with van der Waals surface area (Å²) in [4.78, 5) is 8.89. The summed E-state index contributed by atoms with van der Waals surface area (Å²) in [6.45, 7) is 5.68. The number of benzene rings is 3. The van der Waals surface area contributed by atoms with Crippen molar-refractivity contribution in [2.75, 3.05) is 4.72 Å². The standard InChI is InChI=1S/C26H21ClN4O4S2/c1-3-16-31-25-23(28-21-6-4-5-7-22(21)29-25)24(36(32,33)19-12-8-17(2)9-13-19)26(31)30-37(34,35)20-14-10-18(27)11-15-20/h3-15,30H,1,16H2,2H3. The first-order valence-corrected chi connectivity index (χ1v) is 14.5. The number of fused-ring (bicyclic) bond motifs is 2. The van der Waals surface area contributed by atoms with E-state index in [1.54, 1.807) is 36.4 Å². The first kappa shape index (κ1) is 24.9. The molecule has 0 aliphatic carbocycles. The van der Waals surface area contributed by atoms with Crippen molar-refractivity contribution in [3.8, 4) is 0 Å². The number of hydrogen-bond acceptors (Lipinski definition) is 6. The minimum atomic E-state index is -4.25. The molecule has 0 spiro atoms. The first-order chi connectivity index (χ1) is 17.6. The molecule has 5 aromatic rings. The maximum atomic E-state index is 14.0. The van der Waals surface area contributed by atoms with Crippen LogP contribution >= 0.6 is 11.6 Å². The quantitative estimate of drug-likeness (QED) is 0.272. The minimum Gasteiger partial charge on any atom is -0.305 e. The normalized spacial score (nSPS) is 12.2. The van der Waals surface area contributed by atoms with Crippen molar-refractivity contribution < 1.29 is 16.8 Å². The van der Waals surface area contributed by atoms with Crippen LogP contribution in [0.25, 0.3) is 22.2 Å². The molecule has 11 heteroatoms. The van der Waals surface area contributed by atoms with Crippen LogP contribution in [0.15, 0.2) is 100 Å². The van der Waals surface area contributed by atoms with Gasteiger partial charge < -0.3 is 4.57 Å². The lowest BCUT2D eigenvalue weighted by Gasteiger charge is -2.13. The van der Waals surface area contributed by atoms with E-state index in [-0.39, 0.29) is 38.2 Å². The highest BCUT2D eigenvalue weighted by Gasteiger charge is 2.33. The van der Waals surface area contributed by atoms with Gasteiger partial charge in [-0.2, -0.15) is 0 Å². The largest absolute Gasteiger partial charge is 0.305 e. The number of sulfone groups is 1. The van der Waals surface area contributed by atoms with E-state index < -0.39 is 19.9 Å². The van der Waals surface area contributed by atoms with Crippen molar-refractivity contribution in [2.24, 2.45) is 0 Å². The van der Waals surface area contributed by atoms with E-state index in [9.17, 15) is 16.8 Å². The molecule has 0 saturated heterocycles. The number of sulfonamides is 1. The highest BCUT2D eigenvalue weighted by atomic mass is 35.5. The molecule has 0 aliphatic heterocycles. The summed E-state index contributed by atoms with van der Waals surface area (Å²) >= 11 is 5.93. The van der Waals surface area contributed by atoms with Gasteiger partial charge in [0.25, 0.3) is 10.0 Å². The number of nitrogens with one attached hydrogen (secondary N) is 1. The van der Waals surface area contributed by atoms with Gasteiger partial charge in [-0.15, -0.1) is 6.58 Å². The fourth-order valence-corrected chi connectivity index (χ4v) is 6.78. The molecule has 0 bridgehead atoms. The fraction of sp³-hybridized carbons (Fsp3) is 0.0769. The van der Waals surface area contributed by atoms with Crippen molar-refractivity contribution in [1.82, 2.24) is 14.5 Å². The molecule has 5 rings (SSSR count). The van der Waals surface area contributed by atoms with Crippen LogP contribution in [0.4, 0.5) is 5.82 Å². The second-order valence-electron chi connectivity index (χ2n) is 8.34. The lowest BCUT2D eigenvalue weighted by Crippen LogP contribution is -2.18. The second-order valence-corrected chi connectivity index (χ2v) is 12.3. The third-order valence-corrected chi connectivity index (χ3v) is 9.20. The van der Waals surface area contributed by atoms with E-state index in [0.717, 1.165) is 5.56 Å². The van der Waals surface area contributed by atoms with E-state index in [4.69, 9.17) is 11.6 Å². The van der Waals surface area contributed by atoms with Gasteiger partial charge in [-0.1, -0.05) is 47.5 Å². The summed E-state index contributed by atoms with van der Waals surface area (Å²) in [6, 6.07) is 18.9. The van der Waals surface area contributed by atoms with Gasteiger partial charge in [0, 0.05) is 11.6 Å². The molecule has 0 aliphatic rings. The Balaban J connectivity index is 1.86. The molecule has 188 valence electrons. The molecule has 0 amide bonds. The Labute approximate surface area is 219 Å². The highest BCUT2D eigenvalue weighted by Crippen LogP contribution is 2.38. The lowest BCUT2D eigenvalue weighted by molar-refractivity contribution is 0.596. The Morgan fingerprint density at radius 2 is 1.49 bits per heavy atom. The number of hydrogen-bond donors (Lipinski definition) is 1. The van der Waals surface area contributed by atoms with E-state index in [1.165, 1.54) is 47.0 Å². The molecule has 1 N–H and O–H groups in total.